The van der Waals surface area contributed by atoms with Crippen molar-refractivity contribution in [1.82, 2.24) is 9.88 Å². The number of anilines is 1. The topological polar surface area (TPSA) is 104 Å². The molecule has 1 aliphatic heterocycles. The first kappa shape index (κ1) is 25.6. The van der Waals surface area contributed by atoms with Crippen molar-refractivity contribution < 1.29 is 23.1 Å². The average Bonchev–Trinajstić information content (AvgIpc) is 3.22. The van der Waals surface area contributed by atoms with Gasteiger partial charge in [0, 0.05) is 55.0 Å². The fourth-order valence-electron chi connectivity index (χ4n) is 4.54. The monoisotopic (exact) mass is 506 g/mol. The minimum absolute atomic E-state index is 0.0144. The number of nitriles is 1. The van der Waals surface area contributed by atoms with Crippen LogP contribution in [0, 0.1) is 28.9 Å². The van der Waals surface area contributed by atoms with Crippen LogP contribution in [0.5, 0.6) is 5.75 Å². The maximum absolute atomic E-state index is 15.1. The van der Waals surface area contributed by atoms with Gasteiger partial charge in [0.2, 0.25) is 5.91 Å². The Morgan fingerprint density at radius 3 is 2.43 bits per heavy atom. The second-order valence-corrected chi connectivity index (χ2v) is 8.55. The van der Waals surface area contributed by atoms with Gasteiger partial charge in [-0.15, -0.1) is 0 Å². The van der Waals surface area contributed by atoms with Crippen molar-refractivity contribution in [1.29, 1.82) is 5.26 Å². The molecule has 8 nitrogen and oxygen atoms in total. The molecule has 37 heavy (non-hydrogen) atoms. The van der Waals surface area contributed by atoms with Gasteiger partial charge in [0.1, 0.15) is 23.1 Å². The summed E-state index contributed by atoms with van der Waals surface area (Å²) in [7, 11) is 1.28. The van der Waals surface area contributed by atoms with Crippen LogP contribution in [0.4, 0.5) is 14.5 Å². The maximum atomic E-state index is 15.1. The highest BCUT2D eigenvalue weighted by molar-refractivity contribution is 5.99. The zero-order valence-corrected chi connectivity index (χ0v) is 20.2. The predicted octanol–water partition coefficient (Wildman–Crippen LogP) is 3.20. The number of amides is 2. The van der Waals surface area contributed by atoms with Crippen molar-refractivity contribution in [3.05, 3.63) is 93.4 Å². The Bertz CT molecular complexity index is 1420. The van der Waals surface area contributed by atoms with E-state index >= 15 is 8.78 Å². The summed E-state index contributed by atoms with van der Waals surface area (Å²) >= 11 is 0. The Kier molecular flexibility index (Phi) is 7.34. The van der Waals surface area contributed by atoms with Crippen LogP contribution >= 0.6 is 0 Å². The Morgan fingerprint density at radius 2 is 1.84 bits per heavy atom. The highest BCUT2D eigenvalue weighted by Crippen LogP contribution is 2.39. The molecular formula is C27H24F2N4O4. The van der Waals surface area contributed by atoms with Crippen LogP contribution in [0.15, 0.2) is 59.5 Å². The Hall–Kier alpha value is -4.52. The van der Waals surface area contributed by atoms with E-state index in [0.717, 1.165) is 12.1 Å². The number of benzene rings is 2. The first-order valence-electron chi connectivity index (χ1n) is 11.6. The van der Waals surface area contributed by atoms with Crippen molar-refractivity contribution in [2.24, 2.45) is 5.92 Å². The number of aromatic nitrogens is 1. The van der Waals surface area contributed by atoms with Crippen molar-refractivity contribution in [3.8, 4) is 11.8 Å². The summed E-state index contributed by atoms with van der Waals surface area (Å²) in [5.74, 6) is -4.88. The maximum Gasteiger partial charge on any atom is 0.274 e. The van der Waals surface area contributed by atoms with Crippen LogP contribution in [-0.2, 0) is 11.3 Å². The Labute approximate surface area is 211 Å². The van der Waals surface area contributed by atoms with Gasteiger partial charge in [0.25, 0.3) is 11.5 Å². The average molecular weight is 507 g/mol. The van der Waals surface area contributed by atoms with Crippen molar-refractivity contribution in [2.45, 2.75) is 19.4 Å². The van der Waals surface area contributed by atoms with E-state index in [4.69, 9.17) is 10.00 Å². The molecule has 2 atom stereocenters. The lowest BCUT2D eigenvalue weighted by Gasteiger charge is -2.19. The fourth-order valence-corrected chi connectivity index (χ4v) is 4.54. The molecule has 0 bridgehead atoms. The first-order valence-corrected chi connectivity index (χ1v) is 11.6. The predicted molar refractivity (Wildman–Crippen MR) is 131 cm³/mol. The number of carbonyl (C=O) groups excluding carboxylic acids is 2. The molecule has 10 heteroatoms. The number of rotatable bonds is 7. The lowest BCUT2D eigenvalue weighted by Crippen LogP contribution is -2.37. The summed E-state index contributed by atoms with van der Waals surface area (Å²) in [5.41, 5.74) is 0.00323. The number of aryl methyl sites for hydroxylation is 1. The third kappa shape index (κ3) is 4.93. The van der Waals surface area contributed by atoms with E-state index in [2.05, 4.69) is 5.32 Å². The highest BCUT2D eigenvalue weighted by atomic mass is 19.1. The number of nitrogens with zero attached hydrogens (tertiary/aromatic N) is 3. The molecule has 1 N–H and O–H groups in total. The number of hydrogen-bond acceptors (Lipinski definition) is 5. The molecule has 1 unspecified atom stereocenters. The first-order chi connectivity index (χ1) is 17.8. The van der Waals surface area contributed by atoms with E-state index in [0.29, 0.717) is 12.1 Å². The van der Waals surface area contributed by atoms with E-state index in [-0.39, 0.29) is 35.7 Å². The summed E-state index contributed by atoms with van der Waals surface area (Å²) in [6.07, 6.45) is 1.59. The quantitative estimate of drug-likeness (QED) is 0.530. The highest BCUT2D eigenvalue weighted by Gasteiger charge is 2.45. The van der Waals surface area contributed by atoms with Crippen LogP contribution in [0.25, 0.3) is 0 Å². The van der Waals surface area contributed by atoms with E-state index in [1.54, 1.807) is 19.2 Å². The molecule has 1 fully saturated rings. The number of hydrogen-bond donors (Lipinski definition) is 1. The lowest BCUT2D eigenvalue weighted by atomic mass is 9.87. The van der Waals surface area contributed by atoms with Crippen molar-refractivity contribution in [2.75, 3.05) is 25.1 Å². The summed E-state index contributed by atoms with van der Waals surface area (Å²) in [6.45, 7) is 1.78. The molecule has 0 saturated carbocycles. The lowest BCUT2D eigenvalue weighted by molar-refractivity contribution is -0.120. The van der Waals surface area contributed by atoms with Gasteiger partial charge in [-0.2, -0.15) is 5.26 Å². The zero-order valence-electron chi connectivity index (χ0n) is 20.2. The molecule has 1 aliphatic rings. The van der Waals surface area contributed by atoms with Gasteiger partial charge in [-0.1, -0.05) is 0 Å². The van der Waals surface area contributed by atoms with Gasteiger partial charge in [-0.3, -0.25) is 14.4 Å². The minimum atomic E-state index is -1.05. The van der Waals surface area contributed by atoms with Crippen LogP contribution in [0.3, 0.4) is 0 Å². The van der Waals surface area contributed by atoms with Crippen LogP contribution in [-0.4, -0.2) is 36.6 Å². The van der Waals surface area contributed by atoms with Gasteiger partial charge in [-0.05, 0) is 43.3 Å². The van der Waals surface area contributed by atoms with E-state index in [9.17, 15) is 14.4 Å². The van der Waals surface area contributed by atoms with Gasteiger partial charge in [0.05, 0.1) is 24.7 Å². The summed E-state index contributed by atoms with van der Waals surface area (Å²) in [6, 6.07) is 13.0. The largest absolute Gasteiger partial charge is 0.497 e. The van der Waals surface area contributed by atoms with E-state index in [1.165, 1.54) is 46.9 Å². The molecule has 0 spiro atoms. The number of halogens is 2. The number of pyridine rings is 1. The van der Waals surface area contributed by atoms with Crippen LogP contribution in [0.2, 0.25) is 0 Å². The third-order valence-corrected chi connectivity index (χ3v) is 6.50. The fraction of sp³-hybridized carbons (Fsp3) is 0.259. The molecule has 0 radical (unpaired) electrons. The number of carbonyl (C=O) groups is 2. The number of nitrogens with one attached hydrogen (secondary N) is 1. The second-order valence-electron chi connectivity index (χ2n) is 8.55. The van der Waals surface area contributed by atoms with Gasteiger partial charge < -0.3 is 19.5 Å². The summed E-state index contributed by atoms with van der Waals surface area (Å²) < 4.78 is 36.5. The summed E-state index contributed by atoms with van der Waals surface area (Å²) in [4.78, 5) is 40.4. The van der Waals surface area contributed by atoms with Crippen molar-refractivity contribution >= 4 is 17.5 Å². The second kappa shape index (κ2) is 10.6. The minimum Gasteiger partial charge on any atom is -0.497 e. The standard InChI is InChI=1S/C27H24F2N4O4/c1-3-32-10-4-5-23(27(32)36)33-15-20(24-21(28)11-18(37-2)12-22(24)29)19(26(33)35)14-31-25(34)17-8-6-16(13-30)7-9-17/h4-12,19-20H,3,14-15H2,1-2H3,(H,31,34)/t19?,20-/m1/s1. The Morgan fingerprint density at radius 1 is 1.16 bits per heavy atom. The van der Waals surface area contributed by atoms with E-state index in [1.807, 2.05) is 6.07 Å². The number of ether oxygens (including phenoxy) is 1. The van der Waals surface area contributed by atoms with Gasteiger partial charge >= 0.3 is 0 Å². The molecule has 4 rings (SSSR count). The zero-order chi connectivity index (χ0) is 26.7. The SMILES string of the molecule is CCn1cccc(N2C[C@@H](c3c(F)cc(OC)cc3F)C(CNC(=O)c3ccc(C#N)cc3)C2=O)c1=O. The molecule has 0 aliphatic carbocycles. The van der Waals surface area contributed by atoms with Crippen molar-refractivity contribution in [3.63, 3.8) is 0 Å². The van der Waals surface area contributed by atoms with Crippen LogP contribution in [0.1, 0.15) is 34.3 Å². The smallest absolute Gasteiger partial charge is 0.274 e. The van der Waals surface area contributed by atoms with Crippen LogP contribution < -0.4 is 20.5 Å². The number of methoxy groups -OCH3 is 1. The Balaban J connectivity index is 1.69. The molecule has 2 amide bonds. The third-order valence-electron chi connectivity index (χ3n) is 6.50. The normalized spacial score (nSPS) is 16.9. The molecule has 190 valence electrons. The van der Waals surface area contributed by atoms with E-state index < -0.39 is 40.8 Å². The van der Waals surface area contributed by atoms with Gasteiger partial charge in [0.15, 0.2) is 0 Å². The van der Waals surface area contributed by atoms with Gasteiger partial charge in [-0.25, -0.2) is 8.78 Å². The molecule has 2 aromatic carbocycles. The molecule has 2 heterocycles. The molecule has 1 aromatic heterocycles. The summed E-state index contributed by atoms with van der Waals surface area (Å²) in [5, 5.41) is 11.6. The molecule has 3 aromatic rings. The molecule has 1 saturated heterocycles. The molecular weight excluding hydrogens is 482 g/mol.